The monoisotopic (exact) mass is 200 g/mol. The van der Waals surface area contributed by atoms with E-state index < -0.39 is 5.97 Å². The molecule has 0 radical (unpaired) electrons. The van der Waals surface area contributed by atoms with Crippen molar-refractivity contribution in [2.45, 2.75) is 6.54 Å². The molecule has 1 aliphatic heterocycles. The Morgan fingerprint density at radius 3 is 3.13 bits per heavy atom. The fourth-order valence-corrected chi connectivity index (χ4v) is 1.94. The molecule has 0 atom stereocenters. The minimum Gasteiger partial charge on any atom is -0.478 e. The molecule has 0 amide bonds. The van der Waals surface area contributed by atoms with Gasteiger partial charge >= 0.3 is 5.97 Å². The average Bonchev–Trinajstić information content (AvgIpc) is 2.64. The van der Waals surface area contributed by atoms with E-state index in [4.69, 9.17) is 5.11 Å². The van der Waals surface area contributed by atoms with Crippen LogP contribution in [0.3, 0.4) is 0 Å². The number of rotatable bonds is 1. The van der Waals surface area contributed by atoms with Crippen LogP contribution in [0.2, 0.25) is 0 Å². The molecule has 0 fully saturated rings. The van der Waals surface area contributed by atoms with E-state index in [-0.39, 0.29) is 0 Å². The maximum Gasteiger partial charge on any atom is 0.333 e. The fourth-order valence-electron chi connectivity index (χ4n) is 1.94. The summed E-state index contributed by atoms with van der Waals surface area (Å²) >= 11 is 0. The molecular weight excluding hydrogens is 192 g/mol. The minimum atomic E-state index is -0.869. The van der Waals surface area contributed by atoms with Crippen LogP contribution in [0.4, 0.5) is 0 Å². The number of aromatic nitrogens is 2. The second-order valence-corrected chi connectivity index (χ2v) is 3.56. The van der Waals surface area contributed by atoms with Crippen molar-refractivity contribution in [3.63, 3.8) is 0 Å². The third-order valence-electron chi connectivity index (χ3n) is 2.61. The first-order chi connectivity index (χ1) is 7.25. The zero-order chi connectivity index (χ0) is 10.4. The van der Waals surface area contributed by atoms with Crippen LogP contribution in [0.5, 0.6) is 0 Å². The molecule has 2 heterocycles. The van der Waals surface area contributed by atoms with Gasteiger partial charge in [-0.2, -0.15) is 0 Å². The fraction of sp³-hybridized carbons (Fsp3) is 0.0909. The highest BCUT2D eigenvalue weighted by atomic mass is 16.4. The van der Waals surface area contributed by atoms with E-state index in [9.17, 15) is 4.79 Å². The molecule has 2 aromatic rings. The molecule has 15 heavy (non-hydrogen) atoms. The maximum atomic E-state index is 10.9. The first-order valence-corrected chi connectivity index (χ1v) is 4.63. The number of aliphatic carboxylic acids is 1. The first kappa shape index (κ1) is 8.23. The Bertz CT molecular complexity index is 596. The molecule has 0 saturated carbocycles. The lowest BCUT2D eigenvalue weighted by Crippen LogP contribution is -2.12. The van der Waals surface area contributed by atoms with Gasteiger partial charge in [0.2, 0.25) is 0 Å². The van der Waals surface area contributed by atoms with Gasteiger partial charge in [0.15, 0.2) is 0 Å². The number of hydrogen-bond donors (Lipinski definition) is 1. The van der Waals surface area contributed by atoms with Crippen molar-refractivity contribution >= 4 is 23.1 Å². The van der Waals surface area contributed by atoms with E-state index in [1.54, 1.807) is 12.4 Å². The molecule has 0 aliphatic carbocycles. The van der Waals surface area contributed by atoms with Gasteiger partial charge in [-0.15, -0.1) is 0 Å². The predicted octanol–water partition coefficient (Wildman–Crippen LogP) is 1.52. The number of hydrogen-bond acceptors (Lipinski definition) is 2. The van der Waals surface area contributed by atoms with Crippen LogP contribution >= 0.6 is 0 Å². The van der Waals surface area contributed by atoms with Gasteiger partial charge < -0.3 is 9.67 Å². The minimum absolute atomic E-state index is 0.392. The third-order valence-corrected chi connectivity index (χ3v) is 2.61. The SMILES string of the molecule is O=C(O)C1=Cc2cccc3ncn(c23)C1. The summed E-state index contributed by atoms with van der Waals surface area (Å²) in [6.07, 6.45) is 3.40. The number of carbonyl (C=O) groups is 1. The predicted molar refractivity (Wildman–Crippen MR) is 55.3 cm³/mol. The van der Waals surface area contributed by atoms with E-state index >= 15 is 0 Å². The van der Waals surface area contributed by atoms with Crippen LogP contribution in [0.25, 0.3) is 17.1 Å². The van der Waals surface area contributed by atoms with Gasteiger partial charge in [-0.25, -0.2) is 9.78 Å². The smallest absolute Gasteiger partial charge is 0.333 e. The molecule has 1 aromatic heterocycles. The van der Waals surface area contributed by atoms with Crippen molar-refractivity contribution in [1.29, 1.82) is 0 Å². The molecule has 1 aromatic carbocycles. The highest BCUT2D eigenvalue weighted by Crippen LogP contribution is 2.25. The van der Waals surface area contributed by atoms with Crippen molar-refractivity contribution in [1.82, 2.24) is 9.55 Å². The van der Waals surface area contributed by atoms with Crippen LogP contribution in [-0.2, 0) is 11.3 Å². The number of nitrogens with zero attached hydrogens (tertiary/aromatic N) is 2. The molecule has 3 rings (SSSR count). The number of carboxylic acid groups (broad SMARTS) is 1. The molecule has 1 N–H and O–H groups in total. The molecule has 74 valence electrons. The van der Waals surface area contributed by atoms with Crippen LogP contribution in [0, 0.1) is 0 Å². The summed E-state index contributed by atoms with van der Waals surface area (Å²) in [7, 11) is 0. The van der Waals surface area contributed by atoms with Gasteiger partial charge in [0.05, 0.1) is 29.5 Å². The molecule has 1 aliphatic rings. The quantitative estimate of drug-likeness (QED) is 0.759. The Morgan fingerprint density at radius 2 is 2.33 bits per heavy atom. The van der Waals surface area contributed by atoms with Gasteiger partial charge in [-0.05, 0) is 12.1 Å². The summed E-state index contributed by atoms with van der Waals surface area (Å²) in [4.78, 5) is 15.1. The second kappa shape index (κ2) is 2.70. The first-order valence-electron chi connectivity index (χ1n) is 4.63. The number of imidazole rings is 1. The largest absolute Gasteiger partial charge is 0.478 e. The van der Waals surface area contributed by atoms with Crippen molar-refractivity contribution in [3.8, 4) is 0 Å². The van der Waals surface area contributed by atoms with Crippen LogP contribution < -0.4 is 0 Å². The van der Waals surface area contributed by atoms with Crippen molar-refractivity contribution in [3.05, 3.63) is 35.7 Å². The summed E-state index contributed by atoms with van der Waals surface area (Å²) in [5.74, 6) is -0.869. The zero-order valence-electron chi connectivity index (χ0n) is 7.84. The van der Waals surface area contributed by atoms with Crippen LogP contribution in [-0.4, -0.2) is 20.6 Å². The van der Waals surface area contributed by atoms with E-state index in [0.29, 0.717) is 12.1 Å². The summed E-state index contributed by atoms with van der Waals surface area (Å²) in [5, 5.41) is 8.95. The summed E-state index contributed by atoms with van der Waals surface area (Å²) < 4.78 is 1.87. The normalized spacial score (nSPS) is 14.0. The van der Waals surface area contributed by atoms with Gasteiger partial charge in [0.25, 0.3) is 0 Å². The molecule has 0 bridgehead atoms. The number of para-hydroxylation sites is 1. The van der Waals surface area contributed by atoms with Gasteiger partial charge in [-0.3, -0.25) is 0 Å². The van der Waals surface area contributed by atoms with E-state index in [0.717, 1.165) is 16.6 Å². The zero-order valence-corrected chi connectivity index (χ0v) is 7.84. The highest BCUT2D eigenvalue weighted by molar-refractivity contribution is 5.97. The Balaban J connectivity index is 2.33. The van der Waals surface area contributed by atoms with Crippen molar-refractivity contribution in [2.24, 2.45) is 0 Å². The molecular formula is C11H8N2O2. The number of carboxylic acids is 1. The van der Waals surface area contributed by atoms with Gasteiger partial charge in [-0.1, -0.05) is 12.1 Å². The van der Waals surface area contributed by atoms with Crippen molar-refractivity contribution < 1.29 is 9.90 Å². The standard InChI is InChI=1S/C11H8N2O2/c14-11(15)8-4-7-2-1-3-9-10(7)13(5-8)6-12-9/h1-4,6H,5H2,(H,14,15). The van der Waals surface area contributed by atoms with Gasteiger partial charge in [0, 0.05) is 5.56 Å². The Hall–Kier alpha value is -2.10. The third kappa shape index (κ3) is 1.08. The van der Waals surface area contributed by atoms with Crippen LogP contribution in [0.15, 0.2) is 30.1 Å². The lowest BCUT2D eigenvalue weighted by atomic mass is 10.1. The molecule has 0 saturated heterocycles. The Morgan fingerprint density at radius 1 is 1.47 bits per heavy atom. The van der Waals surface area contributed by atoms with E-state index in [1.807, 2.05) is 22.8 Å². The van der Waals surface area contributed by atoms with Crippen molar-refractivity contribution in [2.75, 3.05) is 0 Å². The summed E-state index contributed by atoms with van der Waals surface area (Å²) in [6.45, 7) is 0.392. The molecule has 0 unspecified atom stereocenters. The Labute approximate surface area is 85.5 Å². The lowest BCUT2D eigenvalue weighted by Gasteiger charge is -2.12. The average molecular weight is 200 g/mol. The van der Waals surface area contributed by atoms with E-state index in [1.165, 1.54) is 0 Å². The molecule has 0 spiro atoms. The summed E-state index contributed by atoms with van der Waals surface area (Å²) in [6, 6.07) is 5.72. The molecule has 4 heteroatoms. The van der Waals surface area contributed by atoms with Crippen LogP contribution in [0.1, 0.15) is 5.56 Å². The lowest BCUT2D eigenvalue weighted by molar-refractivity contribution is -0.132. The highest BCUT2D eigenvalue weighted by Gasteiger charge is 2.17. The van der Waals surface area contributed by atoms with E-state index in [2.05, 4.69) is 4.98 Å². The second-order valence-electron chi connectivity index (χ2n) is 3.56. The Kier molecular flexibility index (Phi) is 1.48. The summed E-state index contributed by atoms with van der Waals surface area (Å²) in [5.41, 5.74) is 3.25. The topological polar surface area (TPSA) is 55.1 Å². The molecule has 4 nitrogen and oxygen atoms in total. The maximum absolute atomic E-state index is 10.9. The number of benzene rings is 1. The van der Waals surface area contributed by atoms with Gasteiger partial charge in [0.1, 0.15) is 0 Å².